The van der Waals surface area contributed by atoms with Crippen LogP contribution in [0.25, 0.3) is 0 Å². The lowest BCUT2D eigenvalue weighted by Gasteiger charge is -1.86. The van der Waals surface area contributed by atoms with Crippen molar-refractivity contribution < 1.29 is 4.92 Å². The average molecular weight is 86.1 g/mol. The van der Waals surface area contributed by atoms with Crippen LogP contribution in [0.2, 0.25) is 0 Å². The second kappa shape index (κ2) is 2.38. The first-order valence-electron chi connectivity index (χ1n) is 1.45. The van der Waals surface area contributed by atoms with Gasteiger partial charge < -0.3 is 0 Å². The van der Waals surface area contributed by atoms with E-state index in [1.807, 2.05) is 0 Å². The number of rotatable bonds is 1. The summed E-state index contributed by atoms with van der Waals surface area (Å²) in [6.45, 7) is 1.54. The van der Waals surface area contributed by atoms with Crippen LogP contribution in [0.3, 0.4) is 0 Å². The molecular weight excluding hydrogens is 82.0 g/mol. The van der Waals surface area contributed by atoms with Crippen LogP contribution in [0.15, 0.2) is 6.08 Å². The van der Waals surface area contributed by atoms with E-state index >= 15 is 0 Å². The van der Waals surface area contributed by atoms with Gasteiger partial charge in [0.2, 0.25) is 0 Å². The summed E-state index contributed by atoms with van der Waals surface area (Å²) in [4.78, 5) is 8.64. The molecule has 0 aliphatic rings. The van der Waals surface area contributed by atoms with Gasteiger partial charge >= 0.3 is 0 Å². The number of hydrogen-bond acceptors (Lipinski definition) is 2. The fraction of sp³-hybridized carbons (Fsp3) is 0.333. The highest BCUT2D eigenvalue weighted by Crippen LogP contribution is 1.65. The molecule has 6 heavy (non-hydrogen) atoms. The van der Waals surface area contributed by atoms with Crippen molar-refractivity contribution in [3.63, 3.8) is 0 Å². The molecule has 0 atom stereocenters. The van der Waals surface area contributed by atoms with Gasteiger partial charge in [-0.15, -0.1) is 4.92 Å². The molecule has 0 spiro atoms. The van der Waals surface area contributed by atoms with Gasteiger partial charge in [-0.05, 0) is 0 Å². The van der Waals surface area contributed by atoms with Crippen LogP contribution in [0.1, 0.15) is 6.92 Å². The molecule has 0 radical (unpaired) electrons. The van der Waals surface area contributed by atoms with Crippen molar-refractivity contribution in [1.29, 1.82) is 0 Å². The molecule has 0 fully saturated rings. The number of nitro groups is 1. The molecule has 0 bridgehead atoms. The standard InChI is InChI=1S/C3H4NO2/c1-2-3-4(5)6/h2H,1H3/q-1. The Labute approximate surface area is 35.4 Å². The van der Waals surface area contributed by atoms with Gasteiger partial charge in [-0.2, -0.15) is 0 Å². The molecule has 0 saturated heterocycles. The fourth-order valence-electron chi connectivity index (χ4n) is 0.105. The minimum Gasteiger partial charge on any atom is -0.297 e. The van der Waals surface area contributed by atoms with Gasteiger partial charge in [0.25, 0.3) is 0 Å². The third-order valence-electron chi connectivity index (χ3n) is 0.235. The van der Waals surface area contributed by atoms with E-state index in [2.05, 4.69) is 0 Å². The van der Waals surface area contributed by atoms with E-state index in [0.29, 0.717) is 0 Å². The highest BCUT2D eigenvalue weighted by molar-refractivity contribution is 4.53. The first-order valence-corrected chi connectivity index (χ1v) is 1.45. The third kappa shape index (κ3) is 3.14. The fourth-order valence-corrected chi connectivity index (χ4v) is 0.105. The maximum atomic E-state index is 9.26. The lowest BCUT2D eigenvalue weighted by atomic mass is 10.7. The van der Waals surface area contributed by atoms with Crippen LogP contribution in [-0.2, 0) is 0 Å². The predicted molar refractivity (Wildman–Crippen MR) is 20.5 cm³/mol. The van der Waals surface area contributed by atoms with Crippen LogP contribution >= 0.6 is 0 Å². The number of allylic oxidation sites excluding steroid dienone is 1. The number of nitrogens with zero attached hydrogens (tertiary/aromatic N) is 1. The van der Waals surface area contributed by atoms with E-state index in [4.69, 9.17) is 0 Å². The Morgan fingerprint density at radius 2 is 2.50 bits per heavy atom. The summed E-state index contributed by atoms with van der Waals surface area (Å²) in [5, 5.41) is 9.26. The van der Waals surface area contributed by atoms with Gasteiger partial charge in [-0.3, -0.25) is 10.1 Å². The zero-order valence-corrected chi connectivity index (χ0v) is 3.34. The summed E-state index contributed by atoms with van der Waals surface area (Å²) < 4.78 is 0. The largest absolute Gasteiger partial charge is 0.297 e. The highest BCUT2D eigenvalue weighted by Gasteiger charge is 1.54. The topological polar surface area (TPSA) is 43.1 Å². The Morgan fingerprint density at radius 3 is 2.50 bits per heavy atom. The van der Waals surface area contributed by atoms with Gasteiger partial charge in [0.1, 0.15) is 0 Å². The van der Waals surface area contributed by atoms with E-state index in [9.17, 15) is 10.1 Å². The Hall–Kier alpha value is -0.860. The zero-order chi connectivity index (χ0) is 4.99. The van der Waals surface area contributed by atoms with Crippen molar-refractivity contribution in [2.24, 2.45) is 0 Å². The Bertz CT molecular complexity index is 76.9. The van der Waals surface area contributed by atoms with E-state index in [0.717, 1.165) is 0 Å². The summed E-state index contributed by atoms with van der Waals surface area (Å²) in [6.07, 6.45) is 3.06. The van der Waals surface area contributed by atoms with Crippen LogP contribution in [0.4, 0.5) is 0 Å². The summed E-state index contributed by atoms with van der Waals surface area (Å²) in [6, 6.07) is 0. The van der Waals surface area contributed by atoms with Gasteiger partial charge in [-0.25, -0.2) is 6.08 Å². The highest BCUT2D eigenvalue weighted by atomic mass is 16.6. The molecule has 3 nitrogen and oxygen atoms in total. The Kier molecular flexibility index (Phi) is 2.04. The zero-order valence-electron chi connectivity index (χ0n) is 3.34. The molecule has 34 valence electrons. The molecule has 0 amide bonds. The minimum absolute atomic E-state index is 0.625. The van der Waals surface area contributed by atoms with Gasteiger partial charge in [0.05, 0.1) is 0 Å². The van der Waals surface area contributed by atoms with Gasteiger partial charge in [0, 0.05) is 0 Å². The molecule has 0 unspecified atom stereocenters. The molecular formula is C3H4NO2-. The van der Waals surface area contributed by atoms with Crippen molar-refractivity contribution in [3.8, 4) is 0 Å². The van der Waals surface area contributed by atoms with E-state index in [1.165, 1.54) is 6.08 Å². The molecule has 3 heteroatoms. The van der Waals surface area contributed by atoms with Crippen molar-refractivity contribution >= 4 is 0 Å². The Morgan fingerprint density at radius 1 is 2.00 bits per heavy atom. The smallest absolute Gasteiger partial charge is 0.0741 e. The van der Waals surface area contributed by atoms with Crippen LogP contribution < -0.4 is 0 Å². The lowest BCUT2D eigenvalue weighted by Crippen LogP contribution is -1.80. The summed E-state index contributed by atoms with van der Waals surface area (Å²) in [5.41, 5.74) is 0. The molecule has 0 aliphatic carbocycles. The van der Waals surface area contributed by atoms with Crippen molar-refractivity contribution in [1.82, 2.24) is 0 Å². The summed E-state index contributed by atoms with van der Waals surface area (Å²) in [5.74, 6) is 0. The molecule has 0 aromatic rings. The average Bonchev–Trinajstić information content (AvgIpc) is 1.35. The van der Waals surface area contributed by atoms with Gasteiger partial charge in [0.15, 0.2) is 0 Å². The second-order valence-corrected chi connectivity index (χ2v) is 0.675. The monoisotopic (exact) mass is 86.0 g/mol. The molecule has 0 N–H and O–H groups in total. The SMILES string of the molecule is CC=[C-][N+](=O)[O-]. The lowest BCUT2D eigenvalue weighted by molar-refractivity contribution is -0.419. The molecule has 0 rings (SSSR count). The van der Waals surface area contributed by atoms with E-state index < -0.39 is 4.92 Å². The predicted octanol–water partition coefficient (Wildman–Crippen LogP) is 0.600. The third-order valence-corrected chi connectivity index (χ3v) is 0.235. The molecule has 0 aromatic heterocycles. The maximum Gasteiger partial charge on any atom is -0.0741 e. The summed E-state index contributed by atoms with van der Waals surface area (Å²) in [7, 11) is 0. The quantitative estimate of drug-likeness (QED) is 0.203. The van der Waals surface area contributed by atoms with Crippen molar-refractivity contribution in [2.75, 3.05) is 0 Å². The minimum atomic E-state index is -0.625. The Balaban J connectivity index is 3.30. The summed E-state index contributed by atoms with van der Waals surface area (Å²) >= 11 is 0. The maximum absolute atomic E-state index is 9.26. The van der Waals surface area contributed by atoms with E-state index in [-0.39, 0.29) is 0 Å². The van der Waals surface area contributed by atoms with Crippen molar-refractivity contribution in [2.45, 2.75) is 6.92 Å². The first kappa shape index (κ1) is 5.14. The van der Waals surface area contributed by atoms with Crippen LogP contribution in [-0.4, -0.2) is 4.92 Å². The second-order valence-electron chi connectivity index (χ2n) is 0.675. The van der Waals surface area contributed by atoms with Crippen LogP contribution in [0.5, 0.6) is 0 Å². The molecule has 0 aromatic carbocycles. The van der Waals surface area contributed by atoms with Crippen LogP contribution in [0, 0.1) is 16.3 Å². The van der Waals surface area contributed by atoms with Crippen molar-refractivity contribution in [3.05, 3.63) is 22.4 Å². The normalized spacial score (nSPS) is 9.50. The molecule has 0 heterocycles. The van der Waals surface area contributed by atoms with Gasteiger partial charge in [-0.1, -0.05) is 13.1 Å². The number of hydrogen-bond donors (Lipinski definition) is 0. The first-order chi connectivity index (χ1) is 2.77. The molecule has 0 saturated carbocycles. The van der Waals surface area contributed by atoms with E-state index in [1.54, 1.807) is 13.1 Å². The molecule has 0 aliphatic heterocycles.